The second-order valence-electron chi connectivity index (χ2n) is 4.37. The van der Waals surface area contributed by atoms with Crippen molar-refractivity contribution in [1.82, 2.24) is 9.78 Å². The highest BCUT2D eigenvalue weighted by Gasteiger charge is 2.13. The van der Waals surface area contributed by atoms with Crippen molar-refractivity contribution in [3.8, 4) is 0 Å². The summed E-state index contributed by atoms with van der Waals surface area (Å²) in [6.07, 6.45) is 0.820. The van der Waals surface area contributed by atoms with E-state index in [4.69, 9.17) is 5.73 Å². The van der Waals surface area contributed by atoms with Gasteiger partial charge >= 0.3 is 0 Å². The molecule has 0 saturated heterocycles. The fraction of sp³-hybridized carbons (Fsp3) is 0.700. The smallest absolute Gasteiger partial charge is 0.290 e. The molecule has 0 saturated carbocycles. The lowest BCUT2D eigenvalue weighted by Gasteiger charge is -2.05. The van der Waals surface area contributed by atoms with Gasteiger partial charge in [-0.2, -0.15) is 0 Å². The van der Waals surface area contributed by atoms with Gasteiger partial charge in [0.2, 0.25) is 0 Å². The molecule has 0 atom stereocenters. The first-order valence-electron chi connectivity index (χ1n) is 5.02. The number of nitrogens with one attached hydrogen (secondary N) is 1. The number of aromatic nitrogens is 2. The molecule has 14 heavy (non-hydrogen) atoms. The minimum atomic E-state index is -0.101. The van der Waals surface area contributed by atoms with E-state index in [1.54, 1.807) is 4.68 Å². The average Bonchev–Trinajstić information content (AvgIpc) is 2.32. The number of H-pyrrole nitrogens is 1. The van der Waals surface area contributed by atoms with Crippen molar-refractivity contribution in [2.45, 2.75) is 40.2 Å². The first-order valence-corrected chi connectivity index (χ1v) is 5.02. The van der Waals surface area contributed by atoms with Gasteiger partial charge in [0.25, 0.3) is 5.56 Å². The second-order valence-corrected chi connectivity index (χ2v) is 4.37. The summed E-state index contributed by atoms with van der Waals surface area (Å²) in [5.74, 6) is 0.496. The van der Waals surface area contributed by atoms with Crippen LogP contribution in [0.3, 0.4) is 0 Å². The molecule has 3 N–H and O–H groups in total. The van der Waals surface area contributed by atoms with E-state index in [9.17, 15) is 4.79 Å². The van der Waals surface area contributed by atoms with Crippen LogP contribution in [0.1, 0.15) is 39.4 Å². The molecule has 0 unspecified atom stereocenters. The van der Waals surface area contributed by atoms with Crippen molar-refractivity contribution in [2.75, 3.05) is 5.73 Å². The summed E-state index contributed by atoms with van der Waals surface area (Å²) in [7, 11) is 0. The predicted octanol–water partition coefficient (Wildman–Crippen LogP) is 1.54. The lowest BCUT2D eigenvalue weighted by molar-refractivity contribution is 0.505. The Morgan fingerprint density at radius 3 is 2.29 bits per heavy atom. The zero-order valence-corrected chi connectivity index (χ0v) is 9.29. The summed E-state index contributed by atoms with van der Waals surface area (Å²) in [6.45, 7) is 8.11. The Morgan fingerprint density at radius 2 is 1.93 bits per heavy atom. The van der Waals surface area contributed by atoms with Gasteiger partial charge in [0.15, 0.2) is 0 Å². The fourth-order valence-corrected chi connectivity index (χ4v) is 1.44. The van der Waals surface area contributed by atoms with E-state index in [1.165, 1.54) is 0 Å². The SMILES string of the molecule is CC(C)Cc1[nH]n(C(C)C)c(=O)c1N. The van der Waals surface area contributed by atoms with Gasteiger partial charge in [0, 0.05) is 6.04 Å². The van der Waals surface area contributed by atoms with Crippen LogP contribution < -0.4 is 11.3 Å². The van der Waals surface area contributed by atoms with Crippen LogP contribution in [-0.4, -0.2) is 9.78 Å². The standard InChI is InChI=1S/C10H19N3O/c1-6(2)5-8-9(11)10(14)13(12-8)7(3)4/h6-7,12H,5,11H2,1-4H3. The van der Waals surface area contributed by atoms with Gasteiger partial charge in [-0.1, -0.05) is 13.8 Å². The van der Waals surface area contributed by atoms with Crippen molar-refractivity contribution >= 4 is 5.69 Å². The Kier molecular flexibility index (Phi) is 3.03. The van der Waals surface area contributed by atoms with Crippen LogP contribution in [0.5, 0.6) is 0 Å². The van der Waals surface area contributed by atoms with Gasteiger partial charge < -0.3 is 5.73 Å². The molecule has 0 aliphatic rings. The van der Waals surface area contributed by atoms with Crippen LogP contribution in [-0.2, 0) is 6.42 Å². The third-order valence-electron chi connectivity index (χ3n) is 2.16. The Labute approximate surface area is 84.1 Å². The lowest BCUT2D eigenvalue weighted by atomic mass is 10.1. The zero-order valence-electron chi connectivity index (χ0n) is 9.29. The van der Waals surface area contributed by atoms with Gasteiger partial charge in [-0.05, 0) is 26.2 Å². The number of anilines is 1. The summed E-state index contributed by atoms with van der Waals surface area (Å²) in [5.41, 5.74) is 6.85. The van der Waals surface area contributed by atoms with Crippen molar-refractivity contribution in [2.24, 2.45) is 5.92 Å². The highest BCUT2D eigenvalue weighted by Crippen LogP contribution is 2.11. The molecule has 1 aromatic rings. The molecular formula is C10H19N3O. The molecule has 0 fully saturated rings. The summed E-state index contributed by atoms with van der Waals surface area (Å²) >= 11 is 0. The number of nitrogens with two attached hydrogens (primary N) is 1. The molecule has 4 nitrogen and oxygen atoms in total. The predicted molar refractivity (Wildman–Crippen MR) is 58.4 cm³/mol. The number of aromatic amines is 1. The van der Waals surface area contributed by atoms with E-state index in [-0.39, 0.29) is 11.6 Å². The monoisotopic (exact) mass is 197 g/mol. The van der Waals surface area contributed by atoms with Gasteiger partial charge in [-0.15, -0.1) is 0 Å². The first-order chi connectivity index (χ1) is 6.43. The molecule has 0 aliphatic heterocycles. The highest BCUT2D eigenvalue weighted by atomic mass is 16.1. The van der Waals surface area contributed by atoms with Gasteiger partial charge in [-0.25, -0.2) is 4.68 Å². The van der Waals surface area contributed by atoms with E-state index in [0.29, 0.717) is 11.6 Å². The highest BCUT2D eigenvalue weighted by molar-refractivity contribution is 5.40. The van der Waals surface area contributed by atoms with Gasteiger partial charge in [-0.3, -0.25) is 9.89 Å². The molecule has 0 aliphatic carbocycles. The van der Waals surface area contributed by atoms with Gasteiger partial charge in [0.05, 0.1) is 5.69 Å². The van der Waals surface area contributed by atoms with Crippen LogP contribution in [0.4, 0.5) is 5.69 Å². The topological polar surface area (TPSA) is 63.8 Å². The average molecular weight is 197 g/mol. The Hall–Kier alpha value is -1.19. The molecule has 1 aromatic heterocycles. The van der Waals surface area contributed by atoms with Crippen molar-refractivity contribution < 1.29 is 0 Å². The third-order valence-corrected chi connectivity index (χ3v) is 2.16. The quantitative estimate of drug-likeness (QED) is 0.772. The molecule has 4 heteroatoms. The lowest BCUT2D eigenvalue weighted by Crippen LogP contribution is -2.20. The summed E-state index contributed by atoms with van der Waals surface area (Å²) < 4.78 is 1.58. The van der Waals surface area contributed by atoms with Crippen molar-refractivity contribution in [1.29, 1.82) is 0 Å². The van der Waals surface area contributed by atoms with E-state index in [1.807, 2.05) is 13.8 Å². The molecule has 0 bridgehead atoms. The minimum Gasteiger partial charge on any atom is -0.393 e. The summed E-state index contributed by atoms with van der Waals surface area (Å²) in [6, 6.07) is 0.130. The molecule has 1 heterocycles. The fourth-order valence-electron chi connectivity index (χ4n) is 1.44. The van der Waals surface area contributed by atoms with Gasteiger partial charge in [0.1, 0.15) is 5.69 Å². The number of hydrogen-bond donors (Lipinski definition) is 2. The van der Waals surface area contributed by atoms with Crippen LogP contribution in [0, 0.1) is 5.92 Å². The van der Waals surface area contributed by atoms with Crippen LogP contribution in [0.25, 0.3) is 0 Å². The van der Waals surface area contributed by atoms with Crippen molar-refractivity contribution in [3.05, 3.63) is 16.0 Å². The van der Waals surface area contributed by atoms with Crippen LogP contribution in [0.15, 0.2) is 4.79 Å². The zero-order chi connectivity index (χ0) is 10.9. The number of nitrogens with zero attached hydrogens (tertiary/aromatic N) is 1. The Balaban J connectivity index is 3.09. The number of hydrogen-bond acceptors (Lipinski definition) is 2. The Morgan fingerprint density at radius 1 is 1.36 bits per heavy atom. The van der Waals surface area contributed by atoms with Crippen molar-refractivity contribution in [3.63, 3.8) is 0 Å². The number of nitrogen functional groups attached to an aromatic ring is 1. The molecule has 0 aromatic carbocycles. The largest absolute Gasteiger partial charge is 0.393 e. The molecule has 1 rings (SSSR count). The Bertz CT molecular complexity index is 360. The van der Waals surface area contributed by atoms with E-state index >= 15 is 0 Å². The minimum absolute atomic E-state index is 0.101. The van der Waals surface area contributed by atoms with Crippen LogP contribution >= 0.6 is 0 Å². The number of rotatable bonds is 3. The maximum atomic E-state index is 11.6. The third kappa shape index (κ3) is 2.00. The maximum Gasteiger partial charge on any atom is 0.290 e. The first kappa shape index (κ1) is 10.9. The normalized spacial score (nSPS) is 11.6. The molecule has 0 amide bonds. The van der Waals surface area contributed by atoms with E-state index < -0.39 is 0 Å². The van der Waals surface area contributed by atoms with E-state index in [2.05, 4.69) is 18.9 Å². The molecule has 0 radical (unpaired) electrons. The summed E-state index contributed by atoms with van der Waals surface area (Å²) in [4.78, 5) is 11.6. The summed E-state index contributed by atoms with van der Waals surface area (Å²) in [5, 5.41) is 3.06. The second kappa shape index (κ2) is 3.90. The molecule has 0 spiro atoms. The van der Waals surface area contributed by atoms with Crippen LogP contribution in [0.2, 0.25) is 0 Å². The molecule has 80 valence electrons. The molecular weight excluding hydrogens is 178 g/mol. The maximum absolute atomic E-state index is 11.6. The van der Waals surface area contributed by atoms with E-state index in [0.717, 1.165) is 12.1 Å².